The summed E-state index contributed by atoms with van der Waals surface area (Å²) >= 11 is 0. The zero-order valence-electron chi connectivity index (χ0n) is 15.2. The van der Waals surface area contributed by atoms with Gasteiger partial charge >= 0.3 is 0 Å². The predicted molar refractivity (Wildman–Crippen MR) is 90.3 cm³/mol. The molecule has 0 aromatic rings. The number of hydrogen-bond acceptors (Lipinski definition) is 4. The van der Waals surface area contributed by atoms with Crippen LogP contribution in [0.25, 0.3) is 0 Å². The van der Waals surface area contributed by atoms with Crippen molar-refractivity contribution in [1.82, 2.24) is 0 Å². The summed E-state index contributed by atoms with van der Waals surface area (Å²) in [5, 5.41) is 28.1. The Morgan fingerprint density at radius 2 is 1.09 bits per heavy atom. The first-order valence-corrected chi connectivity index (χ1v) is 8.62. The fourth-order valence-corrected chi connectivity index (χ4v) is 2.44. The van der Waals surface area contributed by atoms with E-state index in [0.29, 0.717) is 37.5 Å². The van der Waals surface area contributed by atoms with Gasteiger partial charge in [-0.05, 0) is 37.5 Å². The third kappa shape index (κ3) is 5.76. The second-order valence-corrected chi connectivity index (χ2v) is 6.63. The fraction of sp³-hybridized carbons (Fsp3) is 0.889. The predicted octanol–water partition coefficient (Wildman–Crippen LogP) is 5.66. The number of azo groups is 1. The Morgan fingerprint density at radius 3 is 1.27 bits per heavy atom. The van der Waals surface area contributed by atoms with Crippen molar-refractivity contribution in [2.45, 2.75) is 91.1 Å². The summed E-state index contributed by atoms with van der Waals surface area (Å²) in [6, 6.07) is 4.70. The average molecular weight is 304 g/mol. The summed E-state index contributed by atoms with van der Waals surface area (Å²) in [6.07, 6.45) is 4.70. The van der Waals surface area contributed by atoms with Crippen molar-refractivity contribution in [2.24, 2.45) is 22.1 Å². The zero-order chi connectivity index (χ0) is 17.2. The first kappa shape index (κ1) is 20.6. The molecule has 4 heteroatoms. The zero-order valence-corrected chi connectivity index (χ0v) is 15.2. The van der Waals surface area contributed by atoms with Gasteiger partial charge in [-0.1, -0.05) is 54.4 Å². The normalized spacial score (nSPS) is 19.6. The van der Waals surface area contributed by atoms with E-state index < -0.39 is 11.1 Å². The average Bonchev–Trinajstić information content (AvgIpc) is 2.56. The molecule has 0 aliphatic rings. The van der Waals surface area contributed by atoms with Gasteiger partial charge in [0.1, 0.15) is 0 Å². The lowest BCUT2D eigenvalue weighted by Gasteiger charge is -2.26. The first-order chi connectivity index (χ1) is 10.4. The van der Waals surface area contributed by atoms with Crippen molar-refractivity contribution in [3.63, 3.8) is 0 Å². The Kier molecular flexibility index (Phi) is 8.95. The van der Waals surface area contributed by atoms with Crippen LogP contribution in [0, 0.1) is 34.5 Å². The van der Waals surface area contributed by atoms with Crippen LogP contribution >= 0.6 is 0 Å². The highest BCUT2D eigenvalue weighted by Crippen LogP contribution is 2.31. The third-order valence-corrected chi connectivity index (χ3v) is 4.78. The van der Waals surface area contributed by atoms with Crippen LogP contribution in [0.4, 0.5) is 0 Å². The minimum absolute atomic E-state index is 0.422. The van der Waals surface area contributed by atoms with Crippen LogP contribution in [0.2, 0.25) is 0 Å². The second kappa shape index (κ2) is 9.57. The Balaban J connectivity index is 5.42. The molecule has 0 fully saturated rings. The largest absolute Gasteiger partial charge is 0.196 e. The molecular weight excluding hydrogens is 272 g/mol. The molecule has 0 saturated carbocycles. The maximum Gasteiger partial charge on any atom is 0.167 e. The highest BCUT2D eigenvalue weighted by molar-refractivity contribution is 5.10. The molecule has 0 saturated heterocycles. The van der Waals surface area contributed by atoms with Crippen LogP contribution in [0.1, 0.15) is 80.1 Å². The maximum absolute atomic E-state index is 9.60. The molecule has 4 atom stereocenters. The van der Waals surface area contributed by atoms with E-state index in [1.165, 1.54) is 0 Å². The van der Waals surface area contributed by atoms with Crippen molar-refractivity contribution in [3.8, 4) is 12.1 Å². The summed E-state index contributed by atoms with van der Waals surface area (Å²) in [7, 11) is 0. The molecule has 4 nitrogen and oxygen atoms in total. The molecule has 4 unspecified atom stereocenters. The van der Waals surface area contributed by atoms with Crippen molar-refractivity contribution in [2.75, 3.05) is 0 Å². The van der Waals surface area contributed by atoms with Gasteiger partial charge in [0.25, 0.3) is 0 Å². The highest BCUT2D eigenvalue weighted by atomic mass is 15.2. The van der Waals surface area contributed by atoms with E-state index in [1.54, 1.807) is 0 Å². The maximum atomic E-state index is 9.60. The monoisotopic (exact) mass is 304 g/mol. The molecule has 0 spiro atoms. The van der Waals surface area contributed by atoms with E-state index in [4.69, 9.17) is 0 Å². The quantitative estimate of drug-likeness (QED) is 0.489. The molecule has 0 aromatic carbocycles. The third-order valence-electron chi connectivity index (χ3n) is 4.78. The van der Waals surface area contributed by atoms with E-state index in [9.17, 15) is 10.5 Å². The van der Waals surface area contributed by atoms with Crippen molar-refractivity contribution in [3.05, 3.63) is 0 Å². The van der Waals surface area contributed by atoms with E-state index in [-0.39, 0.29) is 0 Å². The summed E-state index contributed by atoms with van der Waals surface area (Å²) in [4.78, 5) is 0. The van der Waals surface area contributed by atoms with Gasteiger partial charge in [-0.15, -0.1) is 0 Å². The molecule has 22 heavy (non-hydrogen) atoms. The number of nitrogens with zero attached hydrogens (tertiary/aromatic N) is 4. The van der Waals surface area contributed by atoms with Crippen LogP contribution in [-0.2, 0) is 0 Å². The topological polar surface area (TPSA) is 72.3 Å². The van der Waals surface area contributed by atoms with Crippen LogP contribution in [0.3, 0.4) is 0 Å². The summed E-state index contributed by atoms with van der Waals surface area (Å²) in [5.41, 5.74) is -1.58. The van der Waals surface area contributed by atoms with Crippen molar-refractivity contribution >= 4 is 0 Å². The summed E-state index contributed by atoms with van der Waals surface area (Å²) < 4.78 is 0. The molecule has 124 valence electrons. The molecule has 0 aliphatic carbocycles. The van der Waals surface area contributed by atoms with Gasteiger partial charge in [-0.2, -0.15) is 20.8 Å². The Hall–Kier alpha value is -1.42. The molecular formula is C18H32N4. The molecule has 0 rings (SSSR count). The van der Waals surface area contributed by atoms with Gasteiger partial charge < -0.3 is 0 Å². The van der Waals surface area contributed by atoms with Crippen LogP contribution in [-0.4, -0.2) is 11.1 Å². The lowest BCUT2D eigenvalue weighted by molar-refractivity contribution is 0.327. The SMILES string of the molecule is CCC(C)CC(C#N)(CC)/N=N/C(C#N)(CC)CC(C)CC. The van der Waals surface area contributed by atoms with E-state index >= 15 is 0 Å². The van der Waals surface area contributed by atoms with Gasteiger partial charge in [0.2, 0.25) is 0 Å². The minimum atomic E-state index is -0.790. The summed E-state index contributed by atoms with van der Waals surface area (Å²) in [6.45, 7) is 12.4. The molecule has 0 radical (unpaired) electrons. The van der Waals surface area contributed by atoms with Gasteiger partial charge in [0.05, 0.1) is 12.1 Å². The molecule has 0 aliphatic heterocycles. The number of hydrogen-bond donors (Lipinski definition) is 0. The molecule has 0 amide bonds. The van der Waals surface area contributed by atoms with Crippen LogP contribution in [0.15, 0.2) is 10.2 Å². The van der Waals surface area contributed by atoms with Gasteiger partial charge in [-0.25, -0.2) is 0 Å². The van der Waals surface area contributed by atoms with Gasteiger partial charge in [0.15, 0.2) is 11.1 Å². The van der Waals surface area contributed by atoms with Crippen LogP contribution in [0.5, 0.6) is 0 Å². The summed E-state index contributed by atoms with van der Waals surface area (Å²) in [5.74, 6) is 0.845. The van der Waals surface area contributed by atoms with Crippen molar-refractivity contribution in [1.29, 1.82) is 10.5 Å². The lowest BCUT2D eigenvalue weighted by Crippen LogP contribution is -2.30. The first-order valence-electron chi connectivity index (χ1n) is 8.62. The lowest BCUT2D eigenvalue weighted by atomic mass is 9.85. The highest BCUT2D eigenvalue weighted by Gasteiger charge is 2.34. The molecule has 0 bridgehead atoms. The molecule has 0 N–H and O–H groups in total. The second-order valence-electron chi connectivity index (χ2n) is 6.63. The number of nitriles is 2. The van der Waals surface area contributed by atoms with E-state index in [0.717, 1.165) is 12.8 Å². The Labute approximate surface area is 136 Å². The fourth-order valence-electron chi connectivity index (χ4n) is 2.44. The smallest absolute Gasteiger partial charge is 0.167 e. The van der Waals surface area contributed by atoms with E-state index in [2.05, 4.69) is 50.1 Å². The Morgan fingerprint density at radius 1 is 0.773 bits per heavy atom. The van der Waals surface area contributed by atoms with Gasteiger partial charge in [-0.3, -0.25) is 0 Å². The van der Waals surface area contributed by atoms with E-state index in [1.807, 2.05) is 13.8 Å². The molecule has 0 heterocycles. The van der Waals surface area contributed by atoms with Crippen LogP contribution < -0.4 is 0 Å². The molecule has 0 aromatic heterocycles. The minimum Gasteiger partial charge on any atom is -0.196 e. The van der Waals surface area contributed by atoms with Crippen molar-refractivity contribution < 1.29 is 0 Å². The standard InChI is InChI=1S/C18H32N4/c1-7-15(5)11-17(9-3,13-19)21-22-18(10-4,14-20)12-16(6)8-2/h15-16H,7-12H2,1-6H3/b22-21+. The Bertz CT molecular complexity index is 391. The number of rotatable bonds is 10. The van der Waals surface area contributed by atoms with Gasteiger partial charge in [0, 0.05) is 0 Å².